The number of aryl methyl sites for hydroxylation is 1. The molecule has 10 aromatic carbocycles. The van der Waals surface area contributed by atoms with Crippen LogP contribution in [0.5, 0.6) is 0 Å². The number of benzene rings is 10. The van der Waals surface area contributed by atoms with Gasteiger partial charge >= 0.3 is 5.97 Å². The molecule has 16 aromatic rings. The van der Waals surface area contributed by atoms with Crippen molar-refractivity contribution in [2.24, 2.45) is 10.8 Å². The summed E-state index contributed by atoms with van der Waals surface area (Å²) in [6.07, 6.45) is 12.9. The molecule has 0 saturated heterocycles. The van der Waals surface area contributed by atoms with E-state index in [9.17, 15) is 28.3 Å². The second-order valence-corrected chi connectivity index (χ2v) is 29.3. The Bertz CT molecular complexity index is 5620. The topological polar surface area (TPSA) is 189 Å². The maximum absolute atomic E-state index is 14.5. The molecule has 0 saturated carbocycles. The molecule has 6 aromatic heterocycles. The van der Waals surface area contributed by atoms with Crippen LogP contribution in [0.3, 0.4) is 0 Å². The molecular weight excluding hydrogens is 2390 g/mol. The van der Waals surface area contributed by atoms with Crippen LogP contribution >= 0.6 is 0 Å². The van der Waals surface area contributed by atoms with Crippen molar-refractivity contribution in [3.63, 3.8) is 0 Å². The average molecular weight is 2480 g/mol. The molecule has 0 atom stereocenters. The van der Waals surface area contributed by atoms with Gasteiger partial charge in [-0.15, -0.1) is 167 Å². The van der Waals surface area contributed by atoms with Gasteiger partial charge in [0, 0.05) is 172 Å². The van der Waals surface area contributed by atoms with Gasteiger partial charge in [0.15, 0.2) is 11.6 Å². The van der Waals surface area contributed by atoms with E-state index in [0.29, 0.717) is 27.8 Å². The molecule has 0 unspecified atom stereocenters. The number of aromatic carboxylic acids is 1. The standard InChI is InChI=1S/C19H14F2N.4C15H10N.C11H20O2.C6H5NO2.C5H8O2.5Ir/c1-10-9-13-15-11(17(10)21)7-8-22-18(15)12-5-4-6-14(20)16(12)19(13,2)3;4*1-2-7-13(8-3-1)15-14-9-5-4-6-12(14)10-11-16-15;1-10(2,3)8(12)7-9(13)11(4,5)6;8-6(9)5-3-1-2-4-7-5;1-4(6)3-5(2)7;;;;;/h4,6-9H,1-3H3;4*1-7,9-11H;7,12H,1-6H3;1-4H,(H,8,9);3,6H,1-2H3;;;;;/q5*-1;;;;;;;;. The van der Waals surface area contributed by atoms with Crippen molar-refractivity contribution in [1.29, 1.82) is 0 Å². The Hall–Kier alpha value is -10.6. The molecule has 19 heteroatoms. The number of fused-ring (bicyclic) bond motifs is 6. The second-order valence-electron chi connectivity index (χ2n) is 29.3. The predicted molar refractivity (Wildman–Crippen MR) is 460 cm³/mol. The summed E-state index contributed by atoms with van der Waals surface area (Å²) in [7, 11) is 0. The zero-order valence-corrected chi connectivity index (χ0v) is 79.6. The van der Waals surface area contributed by atoms with E-state index in [2.05, 4.69) is 109 Å². The Morgan fingerprint density at radius 3 is 1.06 bits per heavy atom. The van der Waals surface area contributed by atoms with Crippen LogP contribution < -0.4 is 0 Å². The number of rotatable bonds is 7. The third-order valence-corrected chi connectivity index (χ3v) is 18.3. The SMILES string of the molecule is CC(=O)C=C(C)O.CC(C)(C)C(=O)C=C(O)C(C)(C)C.Cc1cc2c3c(nccc3c1F)-c1[c-]ccc(F)c1C2(C)C.O=C(O)c1ccccn1.[Ir].[Ir].[Ir].[Ir].[Ir].[c-]1ccccc1-c1nccc2ccccc12.[c-]1ccccc1-c1nccc2ccccc12.[c-]1ccccc1-c1nccc2ccccc12.[c-]1ccccc1-c1nccc2ccccc12. The Morgan fingerprint density at radius 1 is 0.392 bits per heavy atom. The fraction of sp³-hybridized carbons (Fsp3) is 0.139. The maximum Gasteiger partial charge on any atom is 0.354 e. The van der Waals surface area contributed by atoms with Gasteiger partial charge in [0.2, 0.25) is 0 Å². The number of aromatic nitrogens is 6. The first-order chi connectivity index (χ1) is 55.2. The number of carboxylic acid groups (broad SMARTS) is 1. The number of carboxylic acids is 1. The van der Waals surface area contributed by atoms with Gasteiger partial charge in [-0.25, -0.2) is 18.6 Å². The summed E-state index contributed by atoms with van der Waals surface area (Å²) in [6.45, 7) is 19.6. The van der Waals surface area contributed by atoms with Gasteiger partial charge in [0.05, 0.1) is 5.76 Å². The number of allylic oxidation sites excluding steroid dienone is 4. The van der Waals surface area contributed by atoms with Crippen LogP contribution in [0, 0.1) is 59.7 Å². The molecule has 0 aliphatic heterocycles. The summed E-state index contributed by atoms with van der Waals surface area (Å²) in [5, 5.41) is 37.1. The van der Waals surface area contributed by atoms with E-state index in [-0.39, 0.29) is 146 Å². The van der Waals surface area contributed by atoms with E-state index in [4.69, 9.17) is 10.2 Å². The van der Waals surface area contributed by atoms with E-state index in [0.717, 1.165) is 56.0 Å². The number of halogens is 2. The average Bonchev–Trinajstić information content (AvgIpc) is 0.708. The van der Waals surface area contributed by atoms with Gasteiger partial charge < -0.3 is 40.2 Å². The smallest absolute Gasteiger partial charge is 0.354 e. The number of aliphatic hydroxyl groups excluding tert-OH is 2. The van der Waals surface area contributed by atoms with Crippen LogP contribution in [0.2, 0.25) is 0 Å². The van der Waals surface area contributed by atoms with Crippen LogP contribution in [0.1, 0.15) is 96.4 Å². The summed E-state index contributed by atoms with van der Waals surface area (Å²) in [6, 6.07) is 100. The van der Waals surface area contributed by atoms with Crippen LogP contribution in [0.25, 0.3) is 110 Å². The Balaban J connectivity index is 0.000000247. The minimum Gasteiger partial charge on any atom is -0.512 e. The molecule has 5 radical (unpaired) electrons. The molecule has 0 fully saturated rings. The van der Waals surface area contributed by atoms with Gasteiger partial charge in [0.1, 0.15) is 17.3 Å². The number of ketones is 2. The Labute approximate surface area is 768 Å². The van der Waals surface area contributed by atoms with Crippen LogP contribution in [-0.2, 0) is 116 Å². The molecule has 1 aliphatic carbocycles. The van der Waals surface area contributed by atoms with Gasteiger partial charge in [-0.1, -0.05) is 170 Å². The fourth-order valence-corrected chi connectivity index (χ4v) is 12.4. The van der Waals surface area contributed by atoms with E-state index >= 15 is 0 Å². The van der Waals surface area contributed by atoms with Crippen molar-refractivity contribution in [2.75, 3.05) is 0 Å². The number of hydrogen-bond acceptors (Lipinski definition) is 11. The van der Waals surface area contributed by atoms with Crippen LogP contribution in [0.15, 0.2) is 322 Å². The van der Waals surface area contributed by atoms with Crippen molar-refractivity contribution in [1.82, 2.24) is 29.9 Å². The molecule has 3 N–H and O–H groups in total. The second kappa shape index (κ2) is 47.4. The van der Waals surface area contributed by atoms with E-state index in [1.54, 1.807) is 37.4 Å². The van der Waals surface area contributed by atoms with Gasteiger partial charge in [-0.05, 0) is 157 Å². The van der Waals surface area contributed by atoms with Gasteiger partial charge in [-0.3, -0.25) is 9.59 Å². The number of carbonyl (C=O) groups excluding carboxylic acids is 2. The van der Waals surface area contributed by atoms with E-state index < -0.39 is 16.8 Å². The molecule has 6 heterocycles. The Kier molecular flexibility index (Phi) is 39.5. The first kappa shape index (κ1) is 100.0. The molecule has 1 aliphatic rings. The molecule has 0 spiro atoms. The maximum atomic E-state index is 14.5. The number of aliphatic hydroxyl groups is 2. The quantitative estimate of drug-likeness (QED) is 0.0779. The van der Waals surface area contributed by atoms with Crippen molar-refractivity contribution < 1.29 is 139 Å². The third-order valence-electron chi connectivity index (χ3n) is 18.3. The molecule has 0 bridgehead atoms. The summed E-state index contributed by atoms with van der Waals surface area (Å²) in [4.78, 5) is 57.4. The molecule has 12 nitrogen and oxygen atoms in total. The molecule has 17 rings (SSSR count). The number of pyridine rings is 6. The van der Waals surface area contributed by atoms with E-state index in [1.807, 2.05) is 256 Å². The molecule has 621 valence electrons. The number of nitrogens with zero attached hydrogens (tertiary/aromatic N) is 6. The van der Waals surface area contributed by atoms with Gasteiger partial charge in [0.25, 0.3) is 0 Å². The van der Waals surface area contributed by atoms with Crippen molar-refractivity contribution >= 4 is 71.4 Å². The summed E-state index contributed by atoms with van der Waals surface area (Å²) in [5.41, 5.74) is 10.2. The predicted octanol–water partition coefficient (Wildman–Crippen LogP) is 24.6. The first-order valence-corrected chi connectivity index (χ1v) is 37.2. The zero-order valence-electron chi connectivity index (χ0n) is 67.6. The van der Waals surface area contributed by atoms with Crippen molar-refractivity contribution in [3.05, 3.63) is 386 Å². The van der Waals surface area contributed by atoms with Crippen LogP contribution in [0.4, 0.5) is 8.78 Å². The van der Waals surface area contributed by atoms with Crippen molar-refractivity contribution in [2.45, 2.75) is 81.6 Å². The number of carbonyl (C=O) groups is 3. The largest absolute Gasteiger partial charge is 0.512 e. The third kappa shape index (κ3) is 26.7. The molecular formula is C101H87F2Ir5N6O6-5. The van der Waals surface area contributed by atoms with E-state index in [1.165, 1.54) is 87.4 Å². The number of hydrogen-bond donors (Lipinski definition) is 3. The summed E-state index contributed by atoms with van der Waals surface area (Å²) in [5.74, 6) is -1.46. The first-order valence-electron chi connectivity index (χ1n) is 37.2. The van der Waals surface area contributed by atoms with Crippen molar-refractivity contribution in [3.8, 4) is 56.3 Å². The molecule has 0 amide bonds. The Morgan fingerprint density at radius 2 is 0.750 bits per heavy atom. The summed E-state index contributed by atoms with van der Waals surface area (Å²) >= 11 is 0. The van der Waals surface area contributed by atoms with Crippen LogP contribution in [-0.4, -0.2) is 62.8 Å². The zero-order chi connectivity index (χ0) is 82.2. The summed E-state index contributed by atoms with van der Waals surface area (Å²) < 4.78 is 29.0. The molecule has 120 heavy (non-hydrogen) atoms. The minimum absolute atomic E-state index is 0. The minimum atomic E-state index is -0.990. The normalized spacial score (nSPS) is 11.2. The fourth-order valence-electron chi connectivity index (χ4n) is 12.4. The monoisotopic (exact) mass is 2480 g/mol. The van der Waals surface area contributed by atoms with Gasteiger partial charge in [-0.2, -0.15) is 0 Å².